The number of rotatable bonds is 6. The van der Waals surface area contributed by atoms with E-state index in [1.807, 2.05) is 11.9 Å². The lowest BCUT2D eigenvalue weighted by molar-refractivity contribution is 0.0710. The van der Waals surface area contributed by atoms with E-state index in [1.165, 1.54) is 17.4 Å². The zero-order valence-electron chi connectivity index (χ0n) is 18.3. The van der Waals surface area contributed by atoms with E-state index >= 15 is 0 Å². The highest BCUT2D eigenvalue weighted by molar-refractivity contribution is 6.06. The van der Waals surface area contributed by atoms with E-state index in [9.17, 15) is 9.59 Å². The number of carbonyl (C=O) groups is 1. The lowest BCUT2D eigenvalue weighted by atomic mass is 10.0. The van der Waals surface area contributed by atoms with Crippen molar-refractivity contribution in [3.8, 4) is 0 Å². The van der Waals surface area contributed by atoms with Crippen molar-refractivity contribution in [2.45, 2.75) is 44.2 Å². The highest BCUT2D eigenvalue weighted by Crippen LogP contribution is 2.39. The Hall–Kier alpha value is -3.42. The zero-order chi connectivity index (χ0) is 22.2. The van der Waals surface area contributed by atoms with Crippen LogP contribution in [0.3, 0.4) is 0 Å². The van der Waals surface area contributed by atoms with Gasteiger partial charge in [0, 0.05) is 68.2 Å². The zero-order valence-corrected chi connectivity index (χ0v) is 18.3. The first-order valence-electron chi connectivity index (χ1n) is 11.2. The van der Waals surface area contributed by atoms with Gasteiger partial charge in [-0.15, -0.1) is 6.58 Å². The number of nitrogens with one attached hydrogen (secondary N) is 1. The summed E-state index contributed by atoms with van der Waals surface area (Å²) in [5.41, 5.74) is 2.00. The fourth-order valence-corrected chi connectivity index (χ4v) is 4.62. The van der Waals surface area contributed by atoms with Gasteiger partial charge in [-0.1, -0.05) is 6.08 Å². The Morgan fingerprint density at radius 2 is 2.06 bits per heavy atom. The fraction of sp³-hybridized carbons (Fsp3) is 0.417. The molecule has 0 bridgehead atoms. The van der Waals surface area contributed by atoms with Gasteiger partial charge in [0.05, 0.1) is 5.56 Å². The maximum Gasteiger partial charge on any atom is 0.275 e. The van der Waals surface area contributed by atoms with Gasteiger partial charge in [-0.3, -0.25) is 9.59 Å². The molecule has 1 N–H and O–H groups in total. The number of allylic oxidation sites excluding steroid dienone is 1. The summed E-state index contributed by atoms with van der Waals surface area (Å²) in [4.78, 5) is 42.1. The number of H-pyrrole nitrogens is 1. The van der Waals surface area contributed by atoms with Crippen LogP contribution < -0.4 is 10.5 Å². The van der Waals surface area contributed by atoms with Gasteiger partial charge >= 0.3 is 0 Å². The molecule has 3 aromatic heterocycles. The van der Waals surface area contributed by atoms with Crippen LogP contribution >= 0.6 is 0 Å². The van der Waals surface area contributed by atoms with Crippen molar-refractivity contribution in [2.75, 3.05) is 25.0 Å². The van der Waals surface area contributed by atoms with Crippen molar-refractivity contribution < 1.29 is 4.79 Å². The minimum Gasteiger partial charge on any atom is -0.357 e. The second kappa shape index (κ2) is 8.26. The number of hydrogen-bond acceptors (Lipinski definition) is 5. The average Bonchev–Trinajstić information content (AvgIpc) is 3.57. The molecular formula is C24H28N6O2. The molecule has 8 heteroatoms. The van der Waals surface area contributed by atoms with Gasteiger partial charge in [-0.2, -0.15) is 0 Å². The summed E-state index contributed by atoms with van der Waals surface area (Å²) in [6, 6.07) is 4.06. The van der Waals surface area contributed by atoms with E-state index in [0.717, 1.165) is 37.4 Å². The lowest BCUT2D eigenvalue weighted by Crippen LogP contribution is -2.46. The number of hydrogen-bond donors (Lipinski definition) is 1. The molecule has 1 amide bonds. The van der Waals surface area contributed by atoms with Gasteiger partial charge in [0.25, 0.3) is 11.5 Å². The first kappa shape index (κ1) is 20.5. The number of aromatic nitrogens is 4. The molecule has 8 nitrogen and oxygen atoms in total. The molecule has 0 radical (unpaired) electrons. The second-order valence-electron chi connectivity index (χ2n) is 8.76. The Morgan fingerprint density at radius 3 is 2.78 bits per heavy atom. The Labute approximate surface area is 186 Å². The van der Waals surface area contributed by atoms with E-state index in [0.29, 0.717) is 28.9 Å². The molecule has 32 heavy (non-hydrogen) atoms. The van der Waals surface area contributed by atoms with Gasteiger partial charge in [0.1, 0.15) is 17.7 Å². The van der Waals surface area contributed by atoms with E-state index in [1.54, 1.807) is 30.9 Å². The molecular weight excluding hydrogens is 404 g/mol. The molecule has 1 saturated heterocycles. The summed E-state index contributed by atoms with van der Waals surface area (Å²) >= 11 is 0. The predicted octanol–water partition coefficient (Wildman–Crippen LogP) is 2.92. The van der Waals surface area contributed by atoms with Crippen molar-refractivity contribution in [2.24, 2.45) is 0 Å². The average molecular weight is 433 g/mol. The van der Waals surface area contributed by atoms with E-state index in [2.05, 4.69) is 32.5 Å². The summed E-state index contributed by atoms with van der Waals surface area (Å²) < 4.78 is 1.53. The molecule has 4 heterocycles. The molecule has 2 aliphatic rings. The maximum absolute atomic E-state index is 13.4. The Bertz CT molecular complexity index is 1220. The van der Waals surface area contributed by atoms with Gasteiger partial charge in [-0.25, -0.2) is 9.97 Å². The monoisotopic (exact) mass is 432 g/mol. The van der Waals surface area contributed by atoms with Gasteiger partial charge in [-0.05, 0) is 31.7 Å². The first-order chi connectivity index (χ1) is 15.6. The maximum atomic E-state index is 13.4. The van der Waals surface area contributed by atoms with Crippen LogP contribution in [0.4, 0.5) is 5.82 Å². The molecule has 0 unspecified atom stereocenters. The van der Waals surface area contributed by atoms with Crippen LogP contribution in [-0.4, -0.2) is 56.5 Å². The van der Waals surface area contributed by atoms with Gasteiger partial charge in [0.15, 0.2) is 0 Å². The molecule has 0 spiro atoms. The third-order valence-corrected chi connectivity index (χ3v) is 6.68. The largest absolute Gasteiger partial charge is 0.357 e. The summed E-state index contributed by atoms with van der Waals surface area (Å²) in [6.07, 6.45) is 10.9. The highest BCUT2D eigenvalue weighted by Gasteiger charge is 2.29. The molecule has 1 saturated carbocycles. The lowest BCUT2D eigenvalue weighted by Gasteiger charge is -2.37. The number of anilines is 1. The Kier molecular flexibility index (Phi) is 5.28. The molecule has 1 aliphatic heterocycles. The second-order valence-corrected chi connectivity index (χ2v) is 8.76. The predicted molar refractivity (Wildman–Crippen MR) is 124 cm³/mol. The van der Waals surface area contributed by atoms with E-state index in [-0.39, 0.29) is 17.5 Å². The van der Waals surface area contributed by atoms with Crippen LogP contribution in [0.15, 0.2) is 48.3 Å². The van der Waals surface area contributed by atoms with Crippen molar-refractivity contribution in [3.05, 3.63) is 65.1 Å². The molecule has 3 aromatic rings. The topological polar surface area (TPSA) is 87.1 Å². The van der Waals surface area contributed by atoms with E-state index in [4.69, 9.17) is 0 Å². The standard InChI is InChI=1S/C24H28N6O2/c1-3-10-30-14-19(18-6-9-25-22(18)24(30)32)23(31)28(2)17-7-11-29(12-8-17)21-13-20(16-4-5-16)26-15-27-21/h3,6,9,13-17,25H,1,4-5,7-8,10-12H2,2H3. The molecule has 5 rings (SSSR count). The van der Waals surface area contributed by atoms with Crippen LogP contribution in [0.5, 0.6) is 0 Å². The SMILES string of the molecule is C=CCn1cc(C(=O)N(C)C2CCN(c3cc(C4CC4)ncn3)CC2)c2cc[nH]c2c1=O. The number of aromatic amines is 1. The van der Waals surface area contributed by atoms with Crippen LogP contribution in [0.1, 0.15) is 47.7 Å². The summed E-state index contributed by atoms with van der Waals surface area (Å²) in [6.45, 7) is 5.77. The van der Waals surface area contributed by atoms with E-state index < -0.39 is 0 Å². The number of carbonyl (C=O) groups excluding carboxylic acids is 1. The number of fused-ring (bicyclic) bond motifs is 1. The number of amides is 1. The van der Waals surface area contributed by atoms with Crippen LogP contribution in [0.2, 0.25) is 0 Å². The highest BCUT2D eigenvalue weighted by atomic mass is 16.2. The molecule has 166 valence electrons. The quantitative estimate of drug-likeness (QED) is 0.605. The van der Waals surface area contributed by atoms with Gasteiger partial charge in [0.2, 0.25) is 0 Å². The van der Waals surface area contributed by atoms with Crippen molar-refractivity contribution in [3.63, 3.8) is 0 Å². The third kappa shape index (κ3) is 3.70. The van der Waals surface area contributed by atoms with Gasteiger partial charge < -0.3 is 19.4 Å². The molecule has 0 atom stereocenters. The van der Waals surface area contributed by atoms with Crippen molar-refractivity contribution >= 4 is 22.6 Å². The van der Waals surface area contributed by atoms with Crippen LogP contribution in [0.25, 0.3) is 10.9 Å². The number of nitrogens with zero attached hydrogens (tertiary/aromatic N) is 5. The fourth-order valence-electron chi connectivity index (χ4n) is 4.62. The van der Waals surface area contributed by atoms with Crippen molar-refractivity contribution in [1.82, 2.24) is 24.4 Å². The minimum absolute atomic E-state index is 0.0658. The Morgan fingerprint density at radius 1 is 1.28 bits per heavy atom. The molecule has 1 aliphatic carbocycles. The molecule has 0 aromatic carbocycles. The third-order valence-electron chi connectivity index (χ3n) is 6.68. The smallest absolute Gasteiger partial charge is 0.275 e. The summed E-state index contributed by atoms with van der Waals surface area (Å²) in [5.74, 6) is 1.52. The van der Waals surface area contributed by atoms with Crippen molar-refractivity contribution in [1.29, 1.82) is 0 Å². The Balaban J connectivity index is 1.32. The number of piperidine rings is 1. The van der Waals surface area contributed by atoms with Crippen LogP contribution in [0, 0.1) is 0 Å². The van der Waals surface area contributed by atoms with Crippen LogP contribution in [-0.2, 0) is 6.54 Å². The summed E-state index contributed by atoms with van der Waals surface area (Å²) in [5, 5.41) is 0.665. The first-order valence-corrected chi connectivity index (χ1v) is 11.2. The number of pyridine rings is 1. The molecule has 2 fully saturated rings. The normalized spacial score (nSPS) is 17.0. The minimum atomic E-state index is -0.146. The summed E-state index contributed by atoms with van der Waals surface area (Å²) in [7, 11) is 1.86.